The predicted octanol–water partition coefficient (Wildman–Crippen LogP) is 5.06. The summed E-state index contributed by atoms with van der Waals surface area (Å²) < 4.78 is 33.0. The fourth-order valence-electron chi connectivity index (χ4n) is 2.52. The summed E-state index contributed by atoms with van der Waals surface area (Å²) in [7, 11) is -2.48. The molecule has 0 spiro atoms. The molecule has 0 aliphatic rings. The molecule has 29 heavy (non-hydrogen) atoms. The standard InChI is InChI=1S/C20H16Cl2N2O4S/c1-28-19-10-9-14(21)12-18(19)23-20(25)13-5-4-6-15(11-13)29(26,27)24-17-8-3-2-7-16(17)22/h2-12,24H,1H3,(H,23,25). The molecule has 0 radical (unpaired) electrons. The van der Waals surface area contributed by atoms with E-state index in [9.17, 15) is 13.2 Å². The van der Waals surface area contributed by atoms with E-state index in [1.54, 1.807) is 36.4 Å². The van der Waals surface area contributed by atoms with Gasteiger partial charge < -0.3 is 10.1 Å². The lowest BCUT2D eigenvalue weighted by molar-refractivity contribution is 0.102. The van der Waals surface area contributed by atoms with Gasteiger partial charge in [0.25, 0.3) is 15.9 Å². The van der Waals surface area contributed by atoms with Crippen LogP contribution in [0, 0.1) is 0 Å². The number of carbonyl (C=O) groups is 1. The maximum atomic E-state index is 12.7. The molecule has 6 nitrogen and oxygen atoms in total. The van der Waals surface area contributed by atoms with Crippen molar-refractivity contribution >= 4 is 50.5 Å². The molecule has 0 saturated carbocycles. The van der Waals surface area contributed by atoms with E-state index in [1.165, 1.54) is 37.4 Å². The van der Waals surface area contributed by atoms with Crippen LogP contribution in [-0.2, 0) is 10.0 Å². The summed E-state index contributed by atoms with van der Waals surface area (Å²) in [5, 5.41) is 3.35. The minimum absolute atomic E-state index is 0.0804. The van der Waals surface area contributed by atoms with Gasteiger partial charge in [-0.25, -0.2) is 8.42 Å². The van der Waals surface area contributed by atoms with Crippen LogP contribution in [0.25, 0.3) is 0 Å². The minimum atomic E-state index is -3.94. The second-order valence-corrected chi connectivity index (χ2v) is 8.44. The van der Waals surface area contributed by atoms with Crippen molar-refractivity contribution in [2.24, 2.45) is 0 Å². The quantitative estimate of drug-likeness (QED) is 0.549. The second-order valence-electron chi connectivity index (χ2n) is 5.91. The van der Waals surface area contributed by atoms with Crippen molar-refractivity contribution < 1.29 is 17.9 Å². The Labute approximate surface area is 178 Å². The molecule has 150 valence electrons. The molecule has 2 N–H and O–H groups in total. The second kappa shape index (κ2) is 8.73. The number of para-hydroxylation sites is 1. The number of carbonyl (C=O) groups excluding carboxylic acids is 1. The van der Waals surface area contributed by atoms with Crippen molar-refractivity contribution in [3.63, 3.8) is 0 Å². The zero-order valence-electron chi connectivity index (χ0n) is 15.1. The maximum Gasteiger partial charge on any atom is 0.261 e. The van der Waals surface area contributed by atoms with Crippen LogP contribution in [0.1, 0.15) is 10.4 Å². The van der Waals surface area contributed by atoms with Crippen LogP contribution in [0.2, 0.25) is 10.0 Å². The number of rotatable bonds is 6. The number of halogens is 2. The Morgan fingerprint density at radius 3 is 2.41 bits per heavy atom. The van der Waals surface area contributed by atoms with E-state index in [2.05, 4.69) is 10.0 Å². The van der Waals surface area contributed by atoms with Gasteiger partial charge in [-0.1, -0.05) is 41.4 Å². The molecule has 0 unspecified atom stereocenters. The fourth-order valence-corrected chi connectivity index (χ4v) is 4.06. The topological polar surface area (TPSA) is 84.5 Å². The van der Waals surface area contributed by atoms with Crippen molar-refractivity contribution in [1.29, 1.82) is 0 Å². The first-order valence-corrected chi connectivity index (χ1v) is 10.6. The van der Waals surface area contributed by atoms with Gasteiger partial charge in [0, 0.05) is 10.6 Å². The monoisotopic (exact) mass is 450 g/mol. The molecule has 0 atom stereocenters. The molecule has 0 fully saturated rings. The minimum Gasteiger partial charge on any atom is -0.495 e. The van der Waals surface area contributed by atoms with Gasteiger partial charge >= 0.3 is 0 Å². The van der Waals surface area contributed by atoms with Crippen molar-refractivity contribution in [3.8, 4) is 5.75 Å². The first kappa shape index (κ1) is 21.0. The molecule has 0 bridgehead atoms. The van der Waals surface area contributed by atoms with Gasteiger partial charge in [0.05, 0.1) is 28.4 Å². The third kappa shape index (κ3) is 5.00. The van der Waals surface area contributed by atoms with E-state index in [0.717, 1.165) is 0 Å². The van der Waals surface area contributed by atoms with Gasteiger partial charge in [0.2, 0.25) is 0 Å². The van der Waals surface area contributed by atoms with Crippen LogP contribution in [0.4, 0.5) is 11.4 Å². The Bertz CT molecular complexity index is 1170. The number of nitrogens with one attached hydrogen (secondary N) is 2. The third-order valence-electron chi connectivity index (χ3n) is 3.93. The average molecular weight is 451 g/mol. The Morgan fingerprint density at radius 1 is 0.931 bits per heavy atom. The first-order chi connectivity index (χ1) is 13.8. The normalized spacial score (nSPS) is 11.0. The Kier molecular flexibility index (Phi) is 6.32. The van der Waals surface area contributed by atoms with Crippen molar-refractivity contribution in [3.05, 3.63) is 82.3 Å². The van der Waals surface area contributed by atoms with Crippen LogP contribution in [0.15, 0.2) is 71.6 Å². The van der Waals surface area contributed by atoms with E-state index in [-0.39, 0.29) is 21.2 Å². The van der Waals surface area contributed by atoms with Gasteiger partial charge in [-0.05, 0) is 48.5 Å². The first-order valence-electron chi connectivity index (χ1n) is 8.32. The molecule has 0 aliphatic heterocycles. The van der Waals surface area contributed by atoms with E-state index < -0.39 is 15.9 Å². The average Bonchev–Trinajstić information content (AvgIpc) is 2.70. The van der Waals surface area contributed by atoms with E-state index in [0.29, 0.717) is 16.5 Å². The highest BCUT2D eigenvalue weighted by Gasteiger charge is 2.18. The molecule has 0 saturated heterocycles. The Balaban J connectivity index is 1.86. The summed E-state index contributed by atoms with van der Waals surface area (Å²) in [5.74, 6) is -0.0905. The summed E-state index contributed by atoms with van der Waals surface area (Å²) in [4.78, 5) is 12.6. The zero-order chi connectivity index (χ0) is 21.0. The van der Waals surface area contributed by atoms with Crippen molar-refractivity contribution in [1.82, 2.24) is 0 Å². The van der Waals surface area contributed by atoms with E-state index in [1.807, 2.05) is 0 Å². The smallest absolute Gasteiger partial charge is 0.261 e. The fraction of sp³-hybridized carbons (Fsp3) is 0.0500. The summed E-state index contributed by atoms with van der Waals surface area (Å²) in [6.45, 7) is 0. The van der Waals surface area contributed by atoms with Gasteiger partial charge in [-0.2, -0.15) is 0 Å². The summed E-state index contributed by atoms with van der Waals surface area (Å²) in [5.41, 5.74) is 0.759. The summed E-state index contributed by atoms with van der Waals surface area (Å²) in [6.07, 6.45) is 0. The molecule has 1 amide bonds. The van der Waals surface area contributed by atoms with E-state index in [4.69, 9.17) is 27.9 Å². The van der Waals surface area contributed by atoms with Gasteiger partial charge in [0.1, 0.15) is 5.75 Å². The third-order valence-corrected chi connectivity index (χ3v) is 5.86. The maximum absolute atomic E-state index is 12.7. The highest BCUT2D eigenvalue weighted by atomic mass is 35.5. The number of hydrogen-bond acceptors (Lipinski definition) is 4. The van der Waals surface area contributed by atoms with Crippen LogP contribution < -0.4 is 14.8 Å². The van der Waals surface area contributed by atoms with Crippen LogP contribution in [-0.4, -0.2) is 21.4 Å². The molecule has 3 rings (SSSR count). The lowest BCUT2D eigenvalue weighted by Crippen LogP contribution is -2.16. The molecule has 0 heterocycles. The number of benzene rings is 3. The van der Waals surface area contributed by atoms with Gasteiger partial charge in [-0.15, -0.1) is 0 Å². The Morgan fingerprint density at radius 2 is 1.69 bits per heavy atom. The number of anilines is 2. The highest BCUT2D eigenvalue weighted by Crippen LogP contribution is 2.28. The van der Waals surface area contributed by atoms with Crippen LogP contribution in [0.3, 0.4) is 0 Å². The van der Waals surface area contributed by atoms with Gasteiger partial charge in [0.15, 0.2) is 0 Å². The largest absolute Gasteiger partial charge is 0.495 e. The van der Waals surface area contributed by atoms with Crippen LogP contribution >= 0.6 is 23.2 Å². The number of amides is 1. The summed E-state index contributed by atoms with van der Waals surface area (Å²) >= 11 is 12.0. The number of methoxy groups -OCH3 is 1. The SMILES string of the molecule is COc1ccc(Cl)cc1NC(=O)c1cccc(S(=O)(=O)Nc2ccccc2Cl)c1. The number of sulfonamides is 1. The lowest BCUT2D eigenvalue weighted by Gasteiger charge is -2.12. The van der Waals surface area contributed by atoms with E-state index >= 15 is 0 Å². The van der Waals surface area contributed by atoms with Crippen LogP contribution in [0.5, 0.6) is 5.75 Å². The number of hydrogen-bond donors (Lipinski definition) is 2. The Hall–Kier alpha value is -2.74. The molecule has 3 aromatic carbocycles. The molecule has 0 aliphatic carbocycles. The summed E-state index contributed by atoms with van der Waals surface area (Å²) in [6, 6.07) is 16.9. The predicted molar refractivity (Wildman–Crippen MR) is 115 cm³/mol. The molecule has 3 aromatic rings. The molecule has 0 aromatic heterocycles. The zero-order valence-corrected chi connectivity index (χ0v) is 17.5. The van der Waals surface area contributed by atoms with Crippen molar-refractivity contribution in [2.45, 2.75) is 4.90 Å². The lowest BCUT2D eigenvalue weighted by atomic mass is 10.2. The molecule has 9 heteroatoms. The van der Waals surface area contributed by atoms with Crippen molar-refractivity contribution in [2.75, 3.05) is 17.1 Å². The molecular formula is C20H16Cl2N2O4S. The highest BCUT2D eigenvalue weighted by molar-refractivity contribution is 7.92. The molecular weight excluding hydrogens is 435 g/mol. The number of ether oxygens (including phenoxy) is 1. The van der Waals surface area contributed by atoms with Gasteiger partial charge in [-0.3, -0.25) is 9.52 Å².